The quantitative estimate of drug-likeness (QED) is 0.738. The fourth-order valence-corrected chi connectivity index (χ4v) is 3.91. The van der Waals surface area contributed by atoms with Crippen molar-refractivity contribution < 1.29 is 9.31 Å². The molecule has 6 nitrogen and oxygen atoms in total. The van der Waals surface area contributed by atoms with E-state index in [1.165, 1.54) is 31.6 Å². The SMILES string of the molecule is CN1CCN(CCCn2ncc3ccc(B4OC(C)(C)C(C)(C)O4)cc32)CC1. The molecule has 2 fully saturated rings. The summed E-state index contributed by atoms with van der Waals surface area (Å²) in [5, 5.41) is 5.79. The minimum absolute atomic E-state index is 0.324. The van der Waals surface area contributed by atoms with E-state index in [1.807, 2.05) is 6.20 Å². The molecule has 0 N–H and O–H groups in total. The monoisotopic (exact) mass is 384 g/mol. The molecule has 2 aliphatic heterocycles. The number of rotatable bonds is 5. The fraction of sp³-hybridized carbons (Fsp3) is 0.667. The number of benzene rings is 1. The van der Waals surface area contributed by atoms with Gasteiger partial charge in [0, 0.05) is 38.1 Å². The van der Waals surface area contributed by atoms with E-state index in [1.54, 1.807) is 0 Å². The van der Waals surface area contributed by atoms with Crippen LogP contribution >= 0.6 is 0 Å². The standard InChI is InChI=1S/C21H33BN4O2/c1-20(2)21(3,4)28-22(27-20)18-8-7-17-16-23-26(19(17)15-18)10-6-9-25-13-11-24(5)12-14-25/h7-8,15-16H,6,9-14H2,1-5H3. The Hall–Kier alpha value is -1.41. The summed E-state index contributed by atoms with van der Waals surface area (Å²) in [5.74, 6) is 0. The third-order valence-electron chi connectivity index (χ3n) is 6.63. The molecule has 0 bridgehead atoms. The van der Waals surface area contributed by atoms with Gasteiger partial charge in [-0.05, 0) is 59.2 Å². The van der Waals surface area contributed by atoms with Crippen molar-refractivity contribution in [1.29, 1.82) is 0 Å². The van der Waals surface area contributed by atoms with Crippen LogP contribution in [0.2, 0.25) is 0 Å². The number of hydrogen-bond donors (Lipinski definition) is 0. The van der Waals surface area contributed by atoms with Gasteiger partial charge in [-0.2, -0.15) is 5.10 Å². The predicted octanol–water partition coefficient (Wildman–Crippen LogP) is 1.97. The van der Waals surface area contributed by atoms with Crippen molar-refractivity contribution in [2.45, 2.75) is 51.9 Å². The lowest BCUT2D eigenvalue weighted by atomic mass is 9.79. The molecule has 0 saturated carbocycles. The molecule has 1 aromatic heterocycles. The lowest BCUT2D eigenvalue weighted by Crippen LogP contribution is -2.44. The number of nitrogens with zero attached hydrogens (tertiary/aromatic N) is 4. The molecule has 2 aromatic rings. The topological polar surface area (TPSA) is 42.8 Å². The summed E-state index contributed by atoms with van der Waals surface area (Å²) in [5.41, 5.74) is 1.57. The summed E-state index contributed by atoms with van der Waals surface area (Å²) in [6.45, 7) is 15.1. The first-order chi connectivity index (χ1) is 13.2. The second-order valence-electron chi connectivity index (χ2n) is 9.27. The summed E-state index contributed by atoms with van der Waals surface area (Å²) in [4.78, 5) is 4.95. The van der Waals surface area contributed by atoms with Gasteiger partial charge in [0.05, 0.1) is 22.9 Å². The maximum absolute atomic E-state index is 6.22. The van der Waals surface area contributed by atoms with Gasteiger partial charge in [0.15, 0.2) is 0 Å². The molecule has 4 rings (SSSR count). The smallest absolute Gasteiger partial charge is 0.399 e. The van der Waals surface area contributed by atoms with Crippen molar-refractivity contribution in [3.8, 4) is 0 Å². The van der Waals surface area contributed by atoms with E-state index in [2.05, 4.69) is 72.5 Å². The highest BCUT2D eigenvalue weighted by Gasteiger charge is 2.51. The van der Waals surface area contributed by atoms with Crippen LogP contribution in [0.15, 0.2) is 24.4 Å². The molecule has 0 atom stereocenters. The van der Waals surface area contributed by atoms with Crippen LogP contribution < -0.4 is 5.46 Å². The first-order valence-electron chi connectivity index (χ1n) is 10.5. The van der Waals surface area contributed by atoms with Crippen LogP contribution in [-0.4, -0.2) is 77.7 Å². The molecule has 0 aliphatic carbocycles. The molecule has 0 unspecified atom stereocenters. The molecule has 2 saturated heterocycles. The molecule has 1 aromatic carbocycles. The Kier molecular flexibility index (Phi) is 5.29. The highest BCUT2D eigenvalue weighted by Crippen LogP contribution is 2.36. The molecule has 0 spiro atoms. The average Bonchev–Trinajstić information content (AvgIpc) is 3.14. The zero-order valence-corrected chi connectivity index (χ0v) is 17.9. The minimum Gasteiger partial charge on any atom is -0.399 e. The molecule has 28 heavy (non-hydrogen) atoms. The fourth-order valence-electron chi connectivity index (χ4n) is 3.91. The van der Waals surface area contributed by atoms with Gasteiger partial charge in [0.2, 0.25) is 0 Å². The van der Waals surface area contributed by atoms with Crippen LogP contribution in [-0.2, 0) is 15.9 Å². The van der Waals surface area contributed by atoms with Crippen LogP contribution in [0.3, 0.4) is 0 Å². The zero-order chi connectivity index (χ0) is 19.9. The van der Waals surface area contributed by atoms with Crippen LogP contribution in [0, 0.1) is 0 Å². The normalized spacial score (nSPS) is 23.0. The average molecular weight is 384 g/mol. The Labute approximate surface area is 168 Å². The zero-order valence-electron chi connectivity index (χ0n) is 17.9. The lowest BCUT2D eigenvalue weighted by Gasteiger charge is -2.32. The molecule has 2 aliphatic rings. The van der Waals surface area contributed by atoms with E-state index >= 15 is 0 Å². The van der Waals surface area contributed by atoms with E-state index in [9.17, 15) is 0 Å². The summed E-state index contributed by atoms with van der Waals surface area (Å²) in [7, 11) is 1.87. The first-order valence-corrected chi connectivity index (χ1v) is 10.5. The van der Waals surface area contributed by atoms with E-state index in [-0.39, 0.29) is 18.3 Å². The highest BCUT2D eigenvalue weighted by atomic mass is 16.7. The van der Waals surface area contributed by atoms with Gasteiger partial charge in [-0.15, -0.1) is 0 Å². The van der Waals surface area contributed by atoms with Crippen molar-refractivity contribution in [3.63, 3.8) is 0 Å². The number of fused-ring (bicyclic) bond motifs is 1. The third kappa shape index (κ3) is 3.86. The van der Waals surface area contributed by atoms with Crippen molar-refractivity contribution in [2.24, 2.45) is 0 Å². The van der Waals surface area contributed by atoms with E-state index < -0.39 is 0 Å². The van der Waals surface area contributed by atoms with Crippen molar-refractivity contribution >= 4 is 23.5 Å². The number of piperazine rings is 1. The van der Waals surface area contributed by atoms with Crippen molar-refractivity contribution in [2.75, 3.05) is 39.8 Å². The highest BCUT2D eigenvalue weighted by molar-refractivity contribution is 6.62. The largest absolute Gasteiger partial charge is 0.494 e. The summed E-state index contributed by atoms with van der Waals surface area (Å²) in [6, 6.07) is 6.40. The summed E-state index contributed by atoms with van der Waals surface area (Å²) < 4.78 is 14.6. The van der Waals surface area contributed by atoms with Crippen LogP contribution in [0.4, 0.5) is 0 Å². The predicted molar refractivity (Wildman–Crippen MR) is 114 cm³/mol. The number of likely N-dealkylation sites (N-methyl/N-ethyl adjacent to an activating group) is 1. The molecule has 7 heteroatoms. The molecular formula is C21H33BN4O2. The second kappa shape index (κ2) is 7.45. The summed E-state index contributed by atoms with van der Waals surface area (Å²) >= 11 is 0. The Morgan fingerprint density at radius 3 is 2.36 bits per heavy atom. The first kappa shape index (κ1) is 19.9. The Bertz CT molecular complexity index is 811. The van der Waals surface area contributed by atoms with E-state index in [4.69, 9.17) is 9.31 Å². The number of aromatic nitrogens is 2. The molecule has 0 radical (unpaired) electrons. The molecule has 152 valence electrons. The summed E-state index contributed by atoms with van der Waals surface area (Å²) in [6.07, 6.45) is 3.07. The number of hydrogen-bond acceptors (Lipinski definition) is 5. The Morgan fingerprint density at radius 2 is 1.68 bits per heavy atom. The van der Waals surface area contributed by atoms with Crippen LogP contribution in [0.1, 0.15) is 34.1 Å². The van der Waals surface area contributed by atoms with Gasteiger partial charge in [-0.25, -0.2) is 0 Å². The van der Waals surface area contributed by atoms with Crippen LogP contribution in [0.5, 0.6) is 0 Å². The third-order valence-corrected chi connectivity index (χ3v) is 6.63. The van der Waals surface area contributed by atoms with Gasteiger partial charge in [-0.3, -0.25) is 4.68 Å². The van der Waals surface area contributed by atoms with Gasteiger partial charge < -0.3 is 19.1 Å². The minimum atomic E-state index is -0.330. The van der Waals surface area contributed by atoms with Gasteiger partial charge in [-0.1, -0.05) is 12.1 Å². The van der Waals surface area contributed by atoms with Gasteiger partial charge in [0.1, 0.15) is 0 Å². The molecule has 3 heterocycles. The number of aryl methyl sites for hydroxylation is 1. The maximum Gasteiger partial charge on any atom is 0.494 e. The second-order valence-corrected chi connectivity index (χ2v) is 9.27. The van der Waals surface area contributed by atoms with Crippen molar-refractivity contribution in [3.05, 3.63) is 24.4 Å². The van der Waals surface area contributed by atoms with Gasteiger partial charge >= 0.3 is 7.12 Å². The van der Waals surface area contributed by atoms with E-state index in [0.29, 0.717) is 0 Å². The van der Waals surface area contributed by atoms with E-state index in [0.717, 1.165) is 30.5 Å². The molecular weight excluding hydrogens is 351 g/mol. The van der Waals surface area contributed by atoms with Crippen molar-refractivity contribution in [1.82, 2.24) is 19.6 Å². The molecule has 0 amide bonds. The maximum atomic E-state index is 6.22. The Morgan fingerprint density at radius 1 is 1.00 bits per heavy atom. The Balaban J connectivity index is 1.43. The van der Waals surface area contributed by atoms with Crippen LogP contribution in [0.25, 0.3) is 10.9 Å². The lowest BCUT2D eigenvalue weighted by molar-refractivity contribution is 0.00578. The van der Waals surface area contributed by atoms with Gasteiger partial charge in [0.25, 0.3) is 0 Å².